The molecule has 3 N–H and O–H groups in total. The first-order valence-corrected chi connectivity index (χ1v) is 5.56. The zero-order valence-electron chi connectivity index (χ0n) is 8.11. The first-order chi connectivity index (χ1) is 5.77. The highest BCUT2D eigenvalue weighted by Gasteiger charge is 2.29. The normalized spacial score (nSPS) is 13.7. The third kappa shape index (κ3) is 3.60. The van der Waals surface area contributed by atoms with Crippen molar-refractivity contribution >= 4 is 10.0 Å². The van der Waals surface area contributed by atoms with E-state index < -0.39 is 34.0 Å². The Balaban J connectivity index is 4.60. The highest BCUT2D eigenvalue weighted by Crippen LogP contribution is 2.06. The molecule has 0 saturated heterocycles. The molecule has 0 amide bonds. The summed E-state index contributed by atoms with van der Waals surface area (Å²) in [6.07, 6.45) is 0. The van der Waals surface area contributed by atoms with Gasteiger partial charge in [-0.2, -0.15) is 0 Å². The molecule has 0 aliphatic heterocycles. The lowest BCUT2D eigenvalue weighted by Gasteiger charge is -2.26. The molecule has 6 heteroatoms. The molecule has 0 aromatic carbocycles. The molecule has 0 aliphatic carbocycles. The second kappa shape index (κ2) is 4.36. The van der Waals surface area contributed by atoms with Gasteiger partial charge in [0.25, 0.3) is 0 Å². The average molecular weight is 211 g/mol. The van der Waals surface area contributed by atoms with Crippen molar-refractivity contribution in [1.29, 1.82) is 0 Å². The second-order valence-corrected chi connectivity index (χ2v) is 5.81. The van der Waals surface area contributed by atoms with Crippen LogP contribution in [0, 0.1) is 0 Å². The molecular weight excluding hydrogens is 194 g/mol. The monoisotopic (exact) mass is 211 g/mol. The molecule has 0 heterocycles. The van der Waals surface area contributed by atoms with Crippen molar-refractivity contribution < 1.29 is 18.6 Å². The first kappa shape index (κ1) is 12.8. The maximum absolute atomic E-state index is 11.3. The highest BCUT2D eigenvalue weighted by atomic mass is 32.2. The van der Waals surface area contributed by atoms with E-state index in [-0.39, 0.29) is 0 Å². The van der Waals surface area contributed by atoms with Crippen molar-refractivity contribution in [2.24, 2.45) is 0 Å². The smallest absolute Gasteiger partial charge is 0.214 e. The molecule has 0 bridgehead atoms. The van der Waals surface area contributed by atoms with Gasteiger partial charge in [-0.3, -0.25) is 0 Å². The fourth-order valence-electron chi connectivity index (χ4n) is 0.576. The summed E-state index contributed by atoms with van der Waals surface area (Å²) in [6, 6.07) is 0. The van der Waals surface area contributed by atoms with Gasteiger partial charge in [-0.1, -0.05) is 0 Å². The van der Waals surface area contributed by atoms with Crippen LogP contribution >= 0.6 is 0 Å². The maximum atomic E-state index is 11.3. The maximum Gasteiger partial charge on any atom is 0.214 e. The SMILES string of the molecule is CC(C)S(=O)(=O)NC(C)(CO)CO. The van der Waals surface area contributed by atoms with Gasteiger partial charge in [0.15, 0.2) is 0 Å². The third-order valence-corrected chi connectivity index (χ3v) is 3.73. The molecule has 0 rings (SSSR count). The largest absolute Gasteiger partial charge is 0.394 e. The molecule has 0 aliphatic rings. The minimum absolute atomic E-state index is 0.435. The predicted molar refractivity (Wildman–Crippen MR) is 49.8 cm³/mol. The van der Waals surface area contributed by atoms with Crippen LogP contribution in [0.3, 0.4) is 0 Å². The fourth-order valence-corrected chi connectivity index (χ4v) is 1.63. The number of hydrogen-bond acceptors (Lipinski definition) is 4. The summed E-state index contributed by atoms with van der Waals surface area (Å²) in [5.41, 5.74) is -1.18. The summed E-state index contributed by atoms with van der Waals surface area (Å²) in [5.74, 6) is 0. The van der Waals surface area contributed by atoms with Gasteiger partial charge in [-0.25, -0.2) is 13.1 Å². The molecule has 5 nitrogen and oxygen atoms in total. The lowest BCUT2D eigenvalue weighted by molar-refractivity contribution is 0.121. The fraction of sp³-hybridized carbons (Fsp3) is 1.00. The Morgan fingerprint density at radius 3 is 1.92 bits per heavy atom. The molecule has 0 fully saturated rings. The Hall–Kier alpha value is -0.170. The summed E-state index contributed by atoms with van der Waals surface area (Å²) in [7, 11) is -3.45. The summed E-state index contributed by atoms with van der Waals surface area (Å²) in [6.45, 7) is 3.62. The van der Waals surface area contributed by atoms with Gasteiger partial charge < -0.3 is 10.2 Å². The number of aliphatic hydroxyl groups is 2. The van der Waals surface area contributed by atoms with E-state index in [4.69, 9.17) is 10.2 Å². The topological polar surface area (TPSA) is 86.6 Å². The van der Waals surface area contributed by atoms with Crippen molar-refractivity contribution in [1.82, 2.24) is 4.72 Å². The number of rotatable bonds is 5. The highest BCUT2D eigenvalue weighted by molar-refractivity contribution is 7.90. The van der Waals surface area contributed by atoms with Crippen LogP contribution in [-0.4, -0.2) is 42.6 Å². The van der Waals surface area contributed by atoms with Gasteiger partial charge >= 0.3 is 0 Å². The molecule has 0 unspecified atom stereocenters. The minimum atomic E-state index is -3.45. The van der Waals surface area contributed by atoms with Crippen molar-refractivity contribution in [3.63, 3.8) is 0 Å². The van der Waals surface area contributed by atoms with Crippen LogP contribution in [0.4, 0.5) is 0 Å². The zero-order chi connectivity index (χ0) is 10.7. The molecule has 0 atom stereocenters. The van der Waals surface area contributed by atoms with E-state index in [1.807, 2.05) is 0 Å². The van der Waals surface area contributed by atoms with Gasteiger partial charge in [0.2, 0.25) is 10.0 Å². The number of sulfonamides is 1. The number of nitrogens with one attached hydrogen (secondary N) is 1. The van der Waals surface area contributed by atoms with Crippen molar-refractivity contribution in [3.8, 4) is 0 Å². The van der Waals surface area contributed by atoms with E-state index in [0.717, 1.165) is 0 Å². The molecule has 0 aromatic rings. The molecule has 13 heavy (non-hydrogen) atoms. The van der Waals surface area contributed by atoms with Gasteiger partial charge in [0.1, 0.15) is 0 Å². The van der Waals surface area contributed by atoms with Crippen LogP contribution in [0.25, 0.3) is 0 Å². The number of hydrogen-bond donors (Lipinski definition) is 3. The van der Waals surface area contributed by atoms with Crippen LogP contribution in [0.5, 0.6) is 0 Å². The second-order valence-electron chi connectivity index (χ2n) is 3.57. The molecule has 0 spiro atoms. The van der Waals surface area contributed by atoms with E-state index in [0.29, 0.717) is 0 Å². The van der Waals surface area contributed by atoms with Gasteiger partial charge in [0.05, 0.1) is 24.0 Å². The molecule has 0 radical (unpaired) electrons. The standard InChI is InChI=1S/C7H17NO4S/c1-6(2)13(11,12)8-7(3,4-9)5-10/h6,8-10H,4-5H2,1-3H3. The molecule has 0 saturated carbocycles. The van der Waals surface area contributed by atoms with E-state index >= 15 is 0 Å². The number of aliphatic hydroxyl groups excluding tert-OH is 2. The lowest BCUT2D eigenvalue weighted by atomic mass is 10.1. The van der Waals surface area contributed by atoms with Gasteiger partial charge in [-0.05, 0) is 20.8 Å². The summed E-state index contributed by atoms with van der Waals surface area (Å²) in [5, 5.41) is 17.1. The van der Waals surface area contributed by atoms with Crippen LogP contribution in [0.2, 0.25) is 0 Å². The van der Waals surface area contributed by atoms with Crippen molar-refractivity contribution in [2.75, 3.05) is 13.2 Å². The first-order valence-electron chi connectivity index (χ1n) is 4.02. The summed E-state index contributed by atoms with van der Waals surface area (Å²) in [4.78, 5) is 0. The zero-order valence-corrected chi connectivity index (χ0v) is 8.93. The van der Waals surface area contributed by atoms with E-state index in [1.54, 1.807) is 0 Å². The molecule has 0 aromatic heterocycles. The van der Waals surface area contributed by atoms with Crippen molar-refractivity contribution in [3.05, 3.63) is 0 Å². The van der Waals surface area contributed by atoms with Crippen LogP contribution in [0.1, 0.15) is 20.8 Å². The van der Waals surface area contributed by atoms with Crippen LogP contribution in [-0.2, 0) is 10.0 Å². The van der Waals surface area contributed by atoms with Gasteiger partial charge in [0, 0.05) is 0 Å². The Kier molecular flexibility index (Phi) is 4.31. The van der Waals surface area contributed by atoms with E-state index in [1.165, 1.54) is 20.8 Å². The minimum Gasteiger partial charge on any atom is -0.394 e. The Morgan fingerprint density at radius 1 is 1.31 bits per heavy atom. The Morgan fingerprint density at radius 2 is 1.69 bits per heavy atom. The quantitative estimate of drug-likeness (QED) is 0.547. The van der Waals surface area contributed by atoms with E-state index in [9.17, 15) is 8.42 Å². The average Bonchev–Trinajstić information content (AvgIpc) is 2.03. The van der Waals surface area contributed by atoms with Crippen LogP contribution in [0.15, 0.2) is 0 Å². The molecular formula is C7H17NO4S. The Bertz CT molecular complexity index is 243. The Labute approximate surface area is 78.8 Å². The lowest BCUT2D eigenvalue weighted by Crippen LogP contribution is -2.53. The predicted octanol–water partition coefficient (Wildman–Crippen LogP) is -0.942. The van der Waals surface area contributed by atoms with Gasteiger partial charge in [-0.15, -0.1) is 0 Å². The summed E-state index contributed by atoms with van der Waals surface area (Å²) >= 11 is 0. The van der Waals surface area contributed by atoms with Crippen LogP contribution < -0.4 is 4.72 Å². The van der Waals surface area contributed by atoms with Crippen molar-refractivity contribution in [2.45, 2.75) is 31.6 Å². The molecule has 80 valence electrons. The third-order valence-electron chi connectivity index (χ3n) is 1.71. The van der Waals surface area contributed by atoms with E-state index in [2.05, 4.69) is 4.72 Å². The summed E-state index contributed by atoms with van der Waals surface area (Å²) < 4.78 is 24.9.